The van der Waals surface area contributed by atoms with E-state index in [0.29, 0.717) is 0 Å². The van der Waals surface area contributed by atoms with Crippen LogP contribution >= 0.6 is 0 Å². The summed E-state index contributed by atoms with van der Waals surface area (Å²) >= 11 is 0. The topological polar surface area (TPSA) is 0 Å². The van der Waals surface area contributed by atoms with Crippen LogP contribution in [-0.2, 0) is 5.41 Å². The Labute approximate surface area is 147 Å². The molecular weight excluding hydrogens is 300 g/mol. The molecule has 2 aliphatic rings. The van der Waals surface area contributed by atoms with Crippen molar-refractivity contribution in [2.24, 2.45) is 0 Å². The van der Waals surface area contributed by atoms with Crippen LogP contribution in [0.4, 0.5) is 0 Å². The summed E-state index contributed by atoms with van der Waals surface area (Å²) in [4.78, 5) is 0. The maximum atomic E-state index is 2.42. The van der Waals surface area contributed by atoms with Gasteiger partial charge in [0.2, 0.25) is 0 Å². The Morgan fingerprint density at radius 2 is 1.20 bits per heavy atom. The number of fused-ring (bicyclic) bond motifs is 2. The molecule has 0 spiro atoms. The van der Waals surface area contributed by atoms with E-state index in [4.69, 9.17) is 0 Å². The molecule has 0 N–H and O–H groups in total. The average molecular weight is 318 g/mol. The van der Waals surface area contributed by atoms with E-state index in [-0.39, 0.29) is 5.41 Å². The SMILES string of the molecule is C1=CC(c2ccccc2)(c2ccccc2)C=C2C=c3ccccc3=C12. The Morgan fingerprint density at radius 1 is 0.600 bits per heavy atom. The summed E-state index contributed by atoms with van der Waals surface area (Å²) < 4.78 is 0. The van der Waals surface area contributed by atoms with Crippen molar-refractivity contribution in [1.82, 2.24) is 0 Å². The Balaban J connectivity index is 1.80. The van der Waals surface area contributed by atoms with E-state index in [9.17, 15) is 0 Å². The van der Waals surface area contributed by atoms with Crippen LogP contribution in [0.2, 0.25) is 0 Å². The van der Waals surface area contributed by atoms with Gasteiger partial charge in [-0.05, 0) is 38.8 Å². The third-order valence-corrected chi connectivity index (χ3v) is 5.27. The lowest BCUT2D eigenvalue weighted by molar-refractivity contribution is 0.808. The fraction of sp³-hybridized carbons (Fsp3) is 0.0400. The van der Waals surface area contributed by atoms with E-state index in [1.54, 1.807) is 0 Å². The van der Waals surface area contributed by atoms with Gasteiger partial charge >= 0.3 is 0 Å². The number of hydrogen-bond acceptors (Lipinski definition) is 0. The van der Waals surface area contributed by atoms with Gasteiger partial charge in [-0.3, -0.25) is 0 Å². The van der Waals surface area contributed by atoms with Crippen molar-refractivity contribution in [3.05, 3.63) is 130 Å². The molecule has 0 heteroatoms. The van der Waals surface area contributed by atoms with Gasteiger partial charge in [-0.15, -0.1) is 0 Å². The normalized spacial score (nSPS) is 16.6. The molecule has 3 aromatic rings. The molecule has 0 unspecified atom stereocenters. The minimum absolute atomic E-state index is 0.222. The molecule has 5 rings (SSSR count). The van der Waals surface area contributed by atoms with E-state index in [1.165, 1.54) is 32.7 Å². The predicted molar refractivity (Wildman–Crippen MR) is 104 cm³/mol. The van der Waals surface area contributed by atoms with Gasteiger partial charge in [0.25, 0.3) is 0 Å². The van der Waals surface area contributed by atoms with Crippen molar-refractivity contribution in [2.45, 2.75) is 5.41 Å². The highest BCUT2D eigenvalue weighted by Gasteiger charge is 2.32. The fourth-order valence-electron chi connectivity index (χ4n) is 4.04. The van der Waals surface area contributed by atoms with E-state index < -0.39 is 0 Å². The highest BCUT2D eigenvalue weighted by molar-refractivity contribution is 5.90. The van der Waals surface area contributed by atoms with Crippen LogP contribution in [0, 0.1) is 0 Å². The molecule has 0 saturated carbocycles. The second kappa shape index (κ2) is 5.46. The summed E-state index contributed by atoms with van der Waals surface area (Å²) in [6, 6.07) is 30.2. The zero-order chi connectivity index (χ0) is 16.7. The summed E-state index contributed by atoms with van der Waals surface area (Å²) in [5, 5.41) is 2.64. The van der Waals surface area contributed by atoms with Crippen molar-refractivity contribution >= 4 is 11.6 Å². The Bertz CT molecular complexity index is 1070. The van der Waals surface area contributed by atoms with Crippen LogP contribution in [0.15, 0.2) is 109 Å². The molecule has 0 saturated heterocycles. The van der Waals surface area contributed by atoms with Crippen molar-refractivity contribution in [2.75, 3.05) is 0 Å². The summed E-state index contributed by atoms with van der Waals surface area (Å²) in [5.41, 5.74) is 5.02. The summed E-state index contributed by atoms with van der Waals surface area (Å²) in [7, 11) is 0. The summed E-state index contributed by atoms with van der Waals surface area (Å²) in [6.45, 7) is 0. The van der Waals surface area contributed by atoms with E-state index in [2.05, 4.69) is 109 Å². The molecule has 3 aromatic carbocycles. The molecule has 0 nitrogen and oxygen atoms in total. The molecule has 25 heavy (non-hydrogen) atoms. The molecule has 2 aliphatic carbocycles. The summed E-state index contributed by atoms with van der Waals surface area (Å²) in [6.07, 6.45) is 9.39. The Kier molecular flexibility index (Phi) is 3.11. The first-order chi connectivity index (χ1) is 12.4. The lowest BCUT2D eigenvalue weighted by Crippen LogP contribution is -2.26. The average Bonchev–Trinajstić information content (AvgIpc) is 3.06. The number of rotatable bonds is 2. The molecule has 0 bridgehead atoms. The molecule has 0 radical (unpaired) electrons. The fourth-order valence-corrected chi connectivity index (χ4v) is 4.04. The van der Waals surface area contributed by atoms with E-state index in [0.717, 1.165) is 0 Å². The first-order valence-corrected chi connectivity index (χ1v) is 8.71. The van der Waals surface area contributed by atoms with Crippen LogP contribution in [-0.4, -0.2) is 0 Å². The lowest BCUT2D eigenvalue weighted by atomic mass is 9.70. The number of allylic oxidation sites excluding steroid dienone is 4. The zero-order valence-corrected chi connectivity index (χ0v) is 13.9. The molecule has 0 amide bonds. The minimum Gasteiger partial charge on any atom is -0.0651 e. The predicted octanol–water partition coefficient (Wildman–Crippen LogP) is 4.11. The van der Waals surface area contributed by atoms with Gasteiger partial charge in [-0.25, -0.2) is 0 Å². The van der Waals surface area contributed by atoms with Crippen molar-refractivity contribution in [1.29, 1.82) is 0 Å². The quantitative estimate of drug-likeness (QED) is 0.667. The second-order valence-electron chi connectivity index (χ2n) is 6.68. The van der Waals surface area contributed by atoms with Gasteiger partial charge in [-0.2, -0.15) is 0 Å². The van der Waals surface area contributed by atoms with Gasteiger partial charge in [0.05, 0.1) is 5.41 Å². The zero-order valence-electron chi connectivity index (χ0n) is 13.9. The van der Waals surface area contributed by atoms with Gasteiger partial charge < -0.3 is 0 Å². The van der Waals surface area contributed by atoms with Crippen LogP contribution in [0.25, 0.3) is 11.6 Å². The van der Waals surface area contributed by atoms with E-state index >= 15 is 0 Å². The van der Waals surface area contributed by atoms with Gasteiger partial charge in [0, 0.05) is 0 Å². The minimum atomic E-state index is -0.222. The van der Waals surface area contributed by atoms with Gasteiger partial charge in [-0.1, -0.05) is 103 Å². The van der Waals surface area contributed by atoms with Crippen molar-refractivity contribution < 1.29 is 0 Å². The Morgan fingerprint density at radius 3 is 1.88 bits per heavy atom. The molecule has 0 aromatic heterocycles. The lowest BCUT2D eigenvalue weighted by Gasteiger charge is -2.32. The maximum absolute atomic E-state index is 2.42. The van der Waals surface area contributed by atoms with Crippen LogP contribution < -0.4 is 10.4 Å². The maximum Gasteiger partial charge on any atom is 0.0574 e. The first-order valence-electron chi connectivity index (χ1n) is 8.71. The van der Waals surface area contributed by atoms with Gasteiger partial charge in [0.1, 0.15) is 0 Å². The molecule has 0 atom stereocenters. The van der Waals surface area contributed by atoms with E-state index in [1.807, 2.05) is 0 Å². The monoisotopic (exact) mass is 318 g/mol. The van der Waals surface area contributed by atoms with Crippen molar-refractivity contribution in [3.8, 4) is 0 Å². The largest absolute Gasteiger partial charge is 0.0651 e. The van der Waals surface area contributed by atoms with Crippen LogP contribution in [0.1, 0.15) is 11.1 Å². The first kappa shape index (κ1) is 14.2. The highest BCUT2D eigenvalue weighted by atomic mass is 14.3. The standard InChI is InChI=1S/C25H18/c1-3-10-21(11-4-1)25(22-12-5-2-6-13-22)16-15-24-20(18-25)17-19-9-7-8-14-23(19)24/h1-18H. The molecule has 0 fully saturated rings. The summed E-state index contributed by atoms with van der Waals surface area (Å²) in [5.74, 6) is 0. The highest BCUT2D eigenvalue weighted by Crippen LogP contribution is 2.41. The molecule has 0 heterocycles. The third-order valence-electron chi connectivity index (χ3n) is 5.27. The third kappa shape index (κ3) is 2.15. The van der Waals surface area contributed by atoms with Gasteiger partial charge in [0.15, 0.2) is 0 Å². The number of benzene rings is 3. The van der Waals surface area contributed by atoms with Crippen LogP contribution in [0.5, 0.6) is 0 Å². The molecule has 118 valence electrons. The second-order valence-corrected chi connectivity index (χ2v) is 6.68. The molecule has 0 aliphatic heterocycles. The molecular formula is C25H18. The smallest absolute Gasteiger partial charge is 0.0574 e. The number of hydrogen-bond donors (Lipinski definition) is 0. The van der Waals surface area contributed by atoms with Crippen LogP contribution in [0.3, 0.4) is 0 Å². The Hall–Kier alpha value is -3.12. The van der Waals surface area contributed by atoms with Crippen molar-refractivity contribution in [3.63, 3.8) is 0 Å².